The monoisotopic (exact) mass is 395 g/mol. The summed E-state index contributed by atoms with van der Waals surface area (Å²) in [6.07, 6.45) is 6.07. The Hall–Kier alpha value is -3.02. The van der Waals surface area contributed by atoms with Crippen LogP contribution in [0.1, 0.15) is 56.4 Å². The molecule has 0 aliphatic heterocycles. The van der Waals surface area contributed by atoms with Crippen molar-refractivity contribution in [3.8, 4) is 11.5 Å². The van der Waals surface area contributed by atoms with Gasteiger partial charge >= 0.3 is 0 Å². The van der Waals surface area contributed by atoms with E-state index >= 15 is 0 Å². The number of halogens is 1. The van der Waals surface area contributed by atoms with E-state index in [0.29, 0.717) is 28.8 Å². The van der Waals surface area contributed by atoms with Crippen LogP contribution >= 0.6 is 0 Å². The summed E-state index contributed by atoms with van der Waals surface area (Å²) in [7, 11) is 0. The molecule has 2 aromatic heterocycles. The fourth-order valence-corrected chi connectivity index (χ4v) is 2.85. The summed E-state index contributed by atoms with van der Waals surface area (Å²) in [5.41, 5.74) is 9.38. The van der Waals surface area contributed by atoms with Gasteiger partial charge in [-0.1, -0.05) is 38.1 Å². The normalized spacial score (nSPS) is 12.3. The molecular formula is C23H30FN5. The van der Waals surface area contributed by atoms with E-state index in [0.717, 1.165) is 5.69 Å². The molecule has 0 atom stereocenters. The van der Waals surface area contributed by atoms with Crippen LogP contribution in [0.4, 0.5) is 10.2 Å². The summed E-state index contributed by atoms with van der Waals surface area (Å²) >= 11 is 0. The Morgan fingerprint density at radius 2 is 1.93 bits per heavy atom. The van der Waals surface area contributed by atoms with Crippen molar-refractivity contribution < 1.29 is 4.39 Å². The predicted molar refractivity (Wildman–Crippen MR) is 117 cm³/mol. The molecule has 2 heterocycles. The van der Waals surface area contributed by atoms with Gasteiger partial charge in [-0.25, -0.2) is 19.0 Å². The second-order valence-corrected chi connectivity index (χ2v) is 6.62. The fraction of sp³-hybridized carbons (Fsp3) is 0.348. The molecular weight excluding hydrogens is 365 g/mol. The molecule has 1 saturated carbocycles. The van der Waals surface area contributed by atoms with Crippen LogP contribution in [0.5, 0.6) is 0 Å². The quantitative estimate of drug-likeness (QED) is 0.591. The van der Waals surface area contributed by atoms with Crippen molar-refractivity contribution in [1.82, 2.24) is 19.7 Å². The number of nitrogen functional groups attached to an aromatic ring is 1. The minimum Gasteiger partial charge on any atom is -0.384 e. The highest BCUT2D eigenvalue weighted by atomic mass is 19.1. The average Bonchev–Trinajstić information content (AvgIpc) is 3.49. The van der Waals surface area contributed by atoms with Gasteiger partial charge in [0.1, 0.15) is 17.3 Å². The number of nitrogens with zero attached hydrogens (tertiary/aromatic N) is 4. The van der Waals surface area contributed by atoms with E-state index in [4.69, 9.17) is 5.73 Å². The third-order valence-corrected chi connectivity index (χ3v) is 4.35. The summed E-state index contributed by atoms with van der Waals surface area (Å²) < 4.78 is 15.4. The second-order valence-electron chi connectivity index (χ2n) is 6.62. The van der Waals surface area contributed by atoms with Gasteiger partial charge in [-0.3, -0.25) is 0 Å². The van der Waals surface area contributed by atoms with E-state index in [1.807, 2.05) is 33.9 Å². The number of benzene rings is 1. The van der Waals surface area contributed by atoms with E-state index in [-0.39, 0.29) is 12.4 Å². The number of nitrogens with two attached hydrogens (primary N) is 1. The molecule has 29 heavy (non-hydrogen) atoms. The standard InChI is InChI=1S/C18H18FN5.C3H6.C2H6/c1-11-14(12-6-7-12)9-21-18(22-11)16-8-17(20)24(23-16)10-13-4-2-3-5-15(13)19;1-3-2;1-2/h2-5,8-9,12H,6-7,10,20H2,1H3;3H,1H2,2H3;1-2H3. The lowest BCUT2D eigenvalue weighted by Crippen LogP contribution is -2.07. The first-order valence-electron chi connectivity index (χ1n) is 10.0. The summed E-state index contributed by atoms with van der Waals surface area (Å²) in [5.74, 6) is 1.36. The third-order valence-electron chi connectivity index (χ3n) is 4.35. The van der Waals surface area contributed by atoms with Crippen LogP contribution in [0.15, 0.2) is 49.2 Å². The van der Waals surface area contributed by atoms with Gasteiger partial charge in [-0.05, 0) is 44.2 Å². The van der Waals surface area contributed by atoms with Crippen LogP contribution in [-0.2, 0) is 6.54 Å². The van der Waals surface area contributed by atoms with E-state index in [1.165, 1.54) is 24.5 Å². The van der Waals surface area contributed by atoms with E-state index in [2.05, 4.69) is 21.6 Å². The Labute approximate surface area is 172 Å². The number of aromatic nitrogens is 4. The van der Waals surface area contributed by atoms with Crippen molar-refractivity contribution in [3.63, 3.8) is 0 Å². The Morgan fingerprint density at radius 3 is 2.52 bits per heavy atom. The van der Waals surface area contributed by atoms with Crippen molar-refractivity contribution in [2.75, 3.05) is 5.73 Å². The molecule has 0 amide bonds. The first-order chi connectivity index (χ1) is 14.0. The summed E-state index contributed by atoms with van der Waals surface area (Å²) in [5, 5.41) is 4.45. The molecule has 0 radical (unpaired) electrons. The maximum absolute atomic E-state index is 13.8. The number of aryl methyl sites for hydroxylation is 1. The first kappa shape index (κ1) is 22.3. The zero-order valence-corrected chi connectivity index (χ0v) is 17.7. The number of hydrogen-bond acceptors (Lipinski definition) is 4. The topological polar surface area (TPSA) is 69.6 Å². The Balaban J connectivity index is 0.000000551. The molecule has 6 heteroatoms. The van der Waals surface area contributed by atoms with E-state index in [9.17, 15) is 4.39 Å². The Kier molecular flexibility index (Phi) is 8.07. The van der Waals surface area contributed by atoms with Crippen LogP contribution in [0, 0.1) is 12.7 Å². The van der Waals surface area contributed by atoms with Crippen LogP contribution in [0.2, 0.25) is 0 Å². The van der Waals surface area contributed by atoms with E-state index < -0.39 is 0 Å². The molecule has 3 aromatic rings. The largest absolute Gasteiger partial charge is 0.384 e. The molecule has 0 saturated heterocycles. The van der Waals surface area contributed by atoms with Gasteiger partial charge in [-0.15, -0.1) is 6.58 Å². The second kappa shape index (κ2) is 10.5. The minimum atomic E-state index is -0.269. The molecule has 4 rings (SSSR count). The van der Waals surface area contributed by atoms with Gasteiger partial charge in [0.15, 0.2) is 5.82 Å². The molecule has 2 N–H and O–H groups in total. The molecule has 0 unspecified atom stereocenters. The lowest BCUT2D eigenvalue weighted by Gasteiger charge is -2.05. The highest BCUT2D eigenvalue weighted by molar-refractivity contribution is 5.55. The van der Waals surface area contributed by atoms with Crippen LogP contribution in [0.25, 0.3) is 11.5 Å². The molecule has 0 spiro atoms. The molecule has 5 nitrogen and oxygen atoms in total. The fourth-order valence-electron chi connectivity index (χ4n) is 2.85. The first-order valence-corrected chi connectivity index (χ1v) is 10.0. The van der Waals surface area contributed by atoms with E-state index in [1.54, 1.807) is 35.0 Å². The smallest absolute Gasteiger partial charge is 0.180 e. The highest BCUT2D eigenvalue weighted by Gasteiger charge is 2.26. The molecule has 1 aromatic carbocycles. The number of anilines is 1. The van der Waals surface area contributed by atoms with Crippen molar-refractivity contribution in [2.45, 2.75) is 53.0 Å². The lowest BCUT2D eigenvalue weighted by atomic mass is 10.1. The van der Waals surface area contributed by atoms with Gasteiger partial charge in [0.2, 0.25) is 0 Å². The summed E-state index contributed by atoms with van der Waals surface area (Å²) in [6, 6.07) is 8.34. The zero-order chi connectivity index (χ0) is 21.4. The summed E-state index contributed by atoms with van der Waals surface area (Å²) in [4.78, 5) is 9.00. The highest BCUT2D eigenvalue weighted by Crippen LogP contribution is 2.41. The summed E-state index contributed by atoms with van der Waals surface area (Å²) in [6.45, 7) is 11.5. The molecule has 0 bridgehead atoms. The van der Waals surface area contributed by atoms with Crippen LogP contribution in [0.3, 0.4) is 0 Å². The number of hydrogen-bond donors (Lipinski definition) is 1. The van der Waals surface area contributed by atoms with Crippen molar-refractivity contribution in [1.29, 1.82) is 0 Å². The molecule has 1 fully saturated rings. The number of allylic oxidation sites excluding steroid dienone is 1. The third kappa shape index (κ3) is 5.73. The lowest BCUT2D eigenvalue weighted by molar-refractivity contribution is 0.588. The van der Waals surface area contributed by atoms with Gasteiger partial charge in [-0.2, -0.15) is 5.10 Å². The minimum absolute atomic E-state index is 0.269. The van der Waals surface area contributed by atoms with Crippen molar-refractivity contribution in [2.24, 2.45) is 0 Å². The van der Waals surface area contributed by atoms with Gasteiger partial charge in [0.05, 0.1) is 6.54 Å². The number of rotatable bonds is 4. The van der Waals surface area contributed by atoms with Gasteiger partial charge in [0, 0.05) is 23.5 Å². The predicted octanol–water partition coefficient (Wildman–Crippen LogP) is 5.51. The van der Waals surface area contributed by atoms with Crippen molar-refractivity contribution >= 4 is 5.82 Å². The van der Waals surface area contributed by atoms with Crippen molar-refractivity contribution in [3.05, 3.63) is 71.8 Å². The maximum atomic E-state index is 13.8. The van der Waals surface area contributed by atoms with Crippen LogP contribution < -0.4 is 5.73 Å². The SMILES string of the molecule is C=CC.CC.Cc1nc(-c2cc(N)n(Cc3ccccc3F)n2)ncc1C1CC1. The maximum Gasteiger partial charge on any atom is 0.180 e. The zero-order valence-electron chi connectivity index (χ0n) is 17.7. The van der Waals surface area contributed by atoms with Crippen LogP contribution in [-0.4, -0.2) is 19.7 Å². The average molecular weight is 396 g/mol. The molecule has 1 aliphatic rings. The van der Waals surface area contributed by atoms with Gasteiger partial charge < -0.3 is 5.73 Å². The molecule has 154 valence electrons. The Bertz CT molecular complexity index is 944. The molecule has 1 aliphatic carbocycles. The van der Waals surface area contributed by atoms with Gasteiger partial charge in [0.25, 0.3) is 0 Å². The Morgan fingerprint density at radius 1 is 1.28 bits per heavy atom.